The van der Waals surface area contributed by atoms with Gasteiger partial charge >= 0.3 is 0 Å². The van der Waals surface area contributed by atoms with Crippen molar-refractivity contribution < 1.29 is 14.3 Å². The Balaban J connectivity index is 1.72. The number of benzene rings is 1. The number of methoxy groups -OCH3 is 2. The molecule has 7 heteroatoms. The van der Waals surface area contributed by atoms with E-state index in [0.717, 1.165) is 12.8 Å². The minimum Gasteiger partial charge on any atom is -0.497 e. The molecule has 1 heterocycles. The summed E-state index contributed by atoms with van der Waals surface area (Å²) in [5, 5.41) is 5.96. The highest BCUT2D eigenvalue weighted by Crippen LogP contribution is 2.29. The molecule has 0 radical (unpaired) electrons. The minimum absolute atomic E-state index is 0.311. The van der Waals surface area contributed by atoms with Crippen molar-refractivity contribution in [3.63, 3.8) is 0 Å². The quantitative estimate of drug-likeness (QED) is 0.851. The fraction of sp³-hybridized carbons (Fsp3) is 0.312. The first-order valence-electron chi connectivity index (χ1n) is 7.31. The summed E-state index contributed by atoms with van der Waals surface area (Å²) < 4.78 is 10.4. The van der Waals surface area contributed by atoms with Crippen molar-refractivity contribution in [2.45, 2.75) is 18.9 Å². The molecule has 0 aliphatic heterocycles. The summed E-state index contributed by atoms with van der Waals surface area (Å²) in [6, 6.07) is 5.65. The van der Waals surface area contributed by atoms with Crippen LogP contribution in [0.4, 0.5) is 11.6 Å². The summed E-state index contributed by atoms with van der Waals surface area (Å²) >= 11 is 0. The minimum atomic E-state index is -0.311. The number of amides is 1. The molecule has 0 unspecified atom stereocenters. The van der Waals surface area contributed by atoms with Crippen LogP contribution in [0.5, 0.6) is 11.5 Å². The maximum Gasteiger partial charge on any atom is 0.258 e. The van der Waals surface area contributed by atoms with Crippen LogP contribution in [0.25, 0.3) is 0 Å². The molecule has 1 amide bonds. The van der Waals surface area contributed by atoms with Gasteiger partial charge in [-0.2, -0.15) is 0 Å². The van der Waals surface area contributed by atoms with Gasteiger partial charge in [0.1, 0.15) is 11.5 Å². The average molecular weight is 314 g/mol. The van der Waals surface area contributed by atoms with Crippen molar-refractivity contribution in [2.75, 3.05) is 24.9 Å². The number of hydrogen-bond acceptors (Lipinski definition) is 6. The Kier molecular flexibility index (Phi) is 4.27. The second-order valence-electron chi connectivity index (χ2n) is 5.23. The predicted molar refractivity (Wildman–Crippen MR) is 86.2 cm³/mol. The van der Waals surface area contributed by atoms with Gasteiger partial charge in [-0.05, 0) is 25.0 Å². The van der Waals surface area contributed by atoms with Crippen molar-refractivity contribution in [1.82, 2.24) is 9.97 Å². The van der Waals surface area contributed by atoms with E-state index < -0.39 is 0 Å². The molecule has 2 aromatic rings. The van der Waals surface area contributed by atoms with Crippen molar-refractivity contribution in [3.05, 3.63) is 36.2 Å². The number of aromatic nitrogens is 2. The van der Waals surface area contributed by atoms with Gasteiger partial charge in [-0.15, -0.1) is 0 Å². The molecule has 1 aliphatic rings. The molecule has 1 aromatic carbocycles. The molecule has 0 saturated heterocycles. The molecular formula is C16H18N4O3. The summed E-state index contributed by atoms with van der Waals surface area (Å²) in [6.07, 6.45) is 5.28. The van der Waals surface area contributed by atoms with Crippen LogP contribution in [0.1, 0.15) is 23.2 Å². The van der Waals surface area contributed by atoms with Crippen LogP contribution in [0.3, 0.4) is 0 Å². The van der Waals surface area contributed by atoms with Crippen molar-refractivity contribution in [1.29, 1.82) is 0 Å². The Morgan fingerprint density at radius 2 is 1.91 bits per heavy atom. The summed E-state index contributed by atoms with van der Waals surface area (Å²) in [5.74, 6) is 1.41. The van der Waals surface area contributed by atoms with Gasteiger partial charge in [0.15, 0.2) is 0 Å². The van der Waals surface area contributed by atoms with Crippen LogP contribution in [-0.4, -0.2) is 36.1 Å². The van der Waals surface area contributed by atoms with Gasteiger partial charge in [0.05, 0.1) is 25.5 Å². The fourth-order valence-corrected chi connectivity index (χ4v) is 2.04. The molecule has 0 atom stereocenters. The lowest BCUT2D eigenvalue weighted by Gasteiger charge is -2.11. The molecule has 3 rings (SSSR count). The van der Waals surface area contributed by atoms with E-state index in [1.54, 1.807) is 32.4 Å². The molecule has 0 bridgehead atoms. The van der Waals surface area contributed by atoms with Crippen LogP contribution in [-0.2, 0) is 0 Å². The van der Waals surface area contributed by atoms with E-state index in [1.165, 1.54) is 12.4 Å². The van der Waals surface area contributed by atoms with Gasteiger partial charge in [-0.3, -0.25) is 4.79 Å². The molecule has 1 aromatic heterocycles. The SMILES string of the molecule is COc1ccc(OC)c(NC(=O)c2cnc(NC3CC3)nc2)c1. The molecule has 7 nitrogen and oxygen atoms in total. The van der Waals surface area contributed by atoms with Crippen molar-refractivity contribution in [3.8, 4) is 11.5 Å². The Morgan fingerprint density at radius 3 is 2.52 bits per heavy atom. The zero-order chi connectivity index (χ0) is 16.2. The van der Waals surface area contributed by atoms with E-state index in [-0.39, 0.29) is 5.91 Å². The van der Waals surface area contributed by atoms with E-state index in [2.05, 4.69) is 20.6 Å². The average Bonchev–Trinajstić information content (AvgIpc) is 3.39. The fourth-order valence-electron chi connectivity index (χ4n) is 2.04. The second kappa shape index (κ2) is 6.51. The number of carbonyl (C=O) groups excluding carboxylic acids is 1. The lowest BCUT2D eigenvalue weighted by atomic mass is 10.2. The highest BCUT2D eigenvalue weighted by atomic mass is 16.5. The third kappa shape index (κ3) is 3.68. The van der Waals surface area contributed by atoms with Gasteiger partial charge < -0.3 is 20.1 Å². The smallest absolute Gasteiger partial charge is 0.258 e. The zero-order valence-electron chi connectivity index (χ0n) is 13.0. The molecule has 1 fully saturated rings. The summed E-state index contributed by atoms with van der Waals surface area (Å²) in [7, 11) is 3.10. The predicted octanol–water partition coefficient (Wildman–Crippen LogP) is 2.32. The van der Waals surface area contributed by atoms with Gasteiger partial charge in [-0.1, -0.05) is 0 Å². The maximum absolute atomic E-state index is 12.3. The normalized spacial score (nSPS) is 13.3. The first-order valence-corrected chi connectivity index (χ1v) is 7.31. The van der Waals surface area contributed by atoms with Gasteiger partial charge in [0, 0.05) is 24.5 Å². The Hall–Kier alpha value is -2.83. The third-order valence-electron chi connectivity index (χ3n) is 3.48. The monoisotopic (exact) mass is 314 g/mol. The molecule has 0 spiro atoms. The molecule has 1 saturated carbocycles. The highest BCUT2D eigenvalue weighted by Gasteiger charge is 2.22. The largest absolute Gasteiger partial charge is 0.497 e. The maximum atomic E-state index is 12.3. The van der Waals surface area contributed by atoms with Crippen molar-refractivity contribution >= 4 is 17.5 Å². The molecule has 2 N–H and O–H groups in total. The summed E-state index contributed by atoms with van der Waals surface area (Å²) in [5.41, 5.74) is 0.897. The van der Waals surface area contributed by atoms with Crippen LogP contribution in [0.2, 0.25) is 0 Å². The van der Waals surface area contributed by atoms with Gasteiger partial charge in [-0.25, -0.2) is 9.97 Å². The standard InChI is InChI=1S/C16H18N4O3/c1-22-12-5-6-14(23-2)13(7-12)20-15(21)10-8-17-16(18-9-10)19-11-3-4-11/h5-9,11H,3-4H2,1-2H3,(H,20,21)(H,17,18,19). The lowest BCUT2D eigenvalue weighted by Crippen LogP contribution is -2.14. The number of nitrogens with one attached hydrogen (secondary N) is 2. The summed E-state index contributed by atoms with van der Waals surface area (Å²) in [6.45, 7) is 0. The van der Waals surface area contributed by atoms with Crippen molar-refractivity contribution in [2.24, 2.45) is 0 Å². The first kappa shape index (κ1) is 15.1. The van der Waals surface area contributed by atoms with Crippen LogP contribution < -0.4 is 20.1 Å². The zero-order valence-corrected chi connectivity index (χ0v) is 13.0. The Morgan fingerprint density at radius 1 is 1.17 bits per heavy atom. The Bertz CT molecular complexity index is 699. The van der Waals surface area contributed by atoms with E-state index in [0.29, 0.717) is 34.7 Å². The first-order chi connectivity index (χ1) is 11.2. The van der Waals surface area contributed by atoms with Crippen LogP contribution in [0.15, 0.2) is 30.6 Å². The van der Waals surface area contributed by atoms with Gasteiger partial charge in [0.2, 0.25) is 5.95 Å². The van der Waals surface area contributed by atoms with E-state index in [9.17, 15) is 4.79 Å². The van der Waals surface area contributed by atoms with Crippen LogP contribution in [0, 0.1) is 0 Å². The number of nitrogens with zero attached hydrogens (tertiary/aromatic N) is 2. The number of anilines is 2. The topological polar surface area (TPSA) is 85.4 Å². The molecule has 1 aliphatic carbocycles. The summed E-state index contributed by atoms with van der Waals surface area (Å²) in [4.78, 5) is 20.6. The molecule has 120 valence electrons. The van der Waals surface area contributed by atoms with E-state index in [4.69, 9.17) is 9.47 Å². The molecule has 23 heavy (non-hydrogen) atoms. The van der Waals surface area contributed by atoms with Gasteiger partial charge in [0.25, 0.3) is 5.91 Å². The molecular weight excluding hydrogens is 296 g/mol. The number of ether oxygens (including phenoxy) is 2. The Labute approximate surface area is 134 Å². The third-order valence-corrected chi connectivity index (χ3v) is 3.48. The second-order valence-corrected chi connectivity index (χ2v) is 5.23. The van der Waals surface area contributed by atoms with E-state index in [1.807, 2.05) is 0 Å². The number of hydrogen-bond donors (Lipinski definition) is 2. The number of carbonyl (C=O) groups is 1. The van der Waals surface area contributed by atoms with E-state index >= 15 is 0 Å². The van der Waals surface area contributed by atoms with Crippen LogP contribution >= 0.6 is 0 Å². The highest BCUT2D eigenvalue weighted by molar-refractivity contribution is 6.04. The number of rotatable bonds is 6. The lowest BCUT2D eigenvalue weighted by molar-refractivity contribution is 0.102.